The van der Waals surface area contributed by atoms with Gasteiger partial charge in [0.15, 0.2) is 0 Å². The van der Waals surface area contributed by atoms with Gasteiger partial charge in [0.1, 0.15) is 17.7 Å². The molecule has 0 bridgehead atoms. The highest BCUT2D eigenvalue weighted by molar-refractivity contribution is 6.32. The predicted octanol–water partition coefficient (Wildman–Crippen LogP) is 4.40. The zero-order valence-electron chi connectivity index (χ0n) is 12.7. The van der Waals surface area contributed by atoms with E-state index in [-0.39, 0.29) is 5.56 Å². The summed E-state index contributed by atoms with van der Waals surface area (Å²) < 4.78 is 26.7. The lowest BCUT2D eigenvalue weighted by molar-refractivity contribution is -0.116. The van der Waals surface area contributed by atoms with Gasteiger partial charge in [-0.3, -0.25) is 4.79 Å². The molecule has 1 N–H and O–H groups in total. The predicted molar refractivity (Wildman–Crippen MR) is 88.0 cm³/mol. The van der Waals surface area contributed by atoms with Gasteiger partial charge < -0.3 is 5.32 Å². The van der Waals surface area contributed by atoms with Gasteiger partial charge in [0.25, 0.3) is 0 Å². The van der Waals surface area contributed by atoms with E-state index in [2.05, 4.69) is 5.32 Å². The Morgan fingerprint density at radius 2 is 2.00 bits per heavy atom. The van der Waals surface area contributed by atoms with E-state index in [1.165, 1.54) is 6.08 Å². The molecule has 2 rings (SSSR count). The van der Waals surface area contributed by atoms with Crippen LogP contribution in [0.5, 0.6) is 0 Å². The first-order valence-electron chi connectivity index (χ1n) is 7.00. The molecule has 3 nitrogen and oxygen atoms in total. The Morgan fingerprint density at radius 1 is 1.29 bits per heavy atom. The molecule has 122 valence electrons. The highest BCUT2D eigenvalue weighted by Gasteiger charge is 2.17. The number of amides is 1. The molecule has 0 saturated carbocycles. The van der Waals surface area contributed by atoms with Crippen molar-refractivity contribution in [3.63, 3.8) is 0 Å². The minimum atomic E-state index is -1.23. The zero-order chi connectivity index (χ0) is 17.7. The smallest absolute Gasteiger partial charge is 0.245 e. The molecule has 0 aliphatic heterocycles. The first-order chi connectivity index (χ1) is 11.4. The van der Waals surface area contributed by atoms with Crippen LogP contribution >= 0.6 is 11.6 Å². The van der Waals surface area contributed by atoms with Crippen LogP contribution in [0.3, 0.4) is 0 Å². The highest BCUT2D eigenvalue weighted by atomic mass is 35.5. The molecule has 24 heavy (non-hydrogen) atoms. The van der Waals surface area contributed by atoms with Gasteiger partial charge in [-0.1, -0.05) is 35.9 Å². The number of nitriles is 1. The molecule has 0 aliphatic rings. The van der Waals surface area contributed by atoms with Gasteiger partial charge in [0.2, 0.25) is 5.91 Å². The van der Waals surface area contributed by atoms with E-state index in [0.717, 1.165) is 12.1 Å². The van der Waals surface area contributed by atoms with Gasteiger partial charge in [-0.25, -0.2) is 8.78 Å². The summed E-state index contributed by atoms with van der Waals surface area (Å²) in [6.45, 7) is 1.70. The molecule has 0 radical (unpaired) electrons. The fourth-order valence-corrected chi connectivity index (χ4v) is 2.44. The van der Waals surface area contributed by atoms with E-state index >= 15 is 0 Å². The van der Waals surface area contributed by atoms with Gasteiger partial charge in [-0.2, -0.15) is 5.26 Å². The second-order valence-electron chi connectivity index (χ2n) is 5.04. The normalized spacial score (nSPS) is 12.4. The Bertz CT molecular complexity index is 843. The SMILES string of the molecule is C/C(=C/C(=O)NC(C#N)c1ccc(F)cc1F)c1ccccc1Cl. The highest BCUT2D eigenvalue weighted by Crippen LogP contribution is 2.23. The van der Waals surface area contributed by atoms with Crippen LogP contribution in [0.25, 0.3) is 5.57 Å². The summed E-state index contributed by atoms with van der Waals surface area (Å²) in [6.07, 6.45) is 1.27. The minimum Gasteiger partial charge on any atom is -0.333 e. The largest absolute Gasteiger partial charge is 0.333 e. The summed E-state index contributed by atoms with van der Waals surface area (Å²) in [5.41, 5.74) is 1.17. The summed E-state index contributed by atoms with van der Waals surface area (Å²) in [4.78, 5) is 12.1. The van der Waals surface area contributed by atoms with Crippen molar-refractivity contribution in [2.24, 2.45) is 0 Å². The molecule has 2 aromatic carbocycles. The van der Waals surface area contributed by atoms with Gasteiger partial charge in [-0.05, 0) is 30.2 Å². The van der Waals surface area contributed by atoms with Crippen LogP contribution in [-0.4, -0.2) is 5.91 Å². The van der Waals surface area contributed by atoms with E-state index in [9.17, 15) is 13.6 Å². The number of halogens is 3. The number of nitrogens with one attached hydrogen (secondary N) is 1. The summed E-state index contributed by atoms with van der Waals surface area (Å²) in [5.74, 6) is -2.23. The number of rotatable bonds is 4. The lowest BCUT2D eigenvalue weighted by atomic mass is 10.1. The second-order valence-corrected chi connectivity index (χ2v) is 5.45. The van der Waals surface area contributed by atoms with Crippen LogP contribution in [0.1, 0.15) is 24.1 Å². The van der Waals surface area contributed by atoms with Crippen LogP contribution < -0.4 is 5.32 Å². The summed E-state index contributed by atoms with van der Waals surface area (Å²) in [7, 11) is 0. The average Bonchev–Trinajstić information content (AvgIpc) is 2.53. The lowest BCUT2D eigenvalue weighted by Gasteiger charge is -2.12. The molecule has 0 aliphatic carbocycles. The topological polar surface area (TPSA) is 52.9 Å². The van der Waals surface area contributed by atoms with Crippen molar-refractivity contribution < 1.29 is 13.6 Å². The van der Waals surface area contributed by atoms with Crippen molar-refractivity contribution in [1.29, 1.82) is 5.26 Å². The molecule has 0 spiro atoms. The summed E-state index contributed by atoms with van der Waals surface area (Å²) >= 11 is 6.06. The Hall–Kier alpha value is -2.71. The maximum absolute atomic E-state index is 13.7. The number of hydrogen-bond donors (Lipinski definition) is 1. The fraction of sp³-hybridized carbons (Fsp3) is 0.111. The zero-order valence-corrected chi connectivity index (χ0v) is 13.4. The van der Waals surface area contributed by atoms with Gasteiger partial charge in [0, 0.05) is 22.7 Å². The van der Waals surface area contributed by atoms with Crippen LogP contribution in [0, 0.1) is 23.0 Å². The van der Waals surface area contributed by atoms with Crippen molar-refractivity contribution in [3.05, 3.63) is 76.3 Å². The van der Waals surface area contributed by atoms with Gasteiger partial charge >= 0.3 is 0 Å². The number of allylic oxidation sites excluding steroid dienone is 1. The van der Waals surface area contributed by atoms with Crippen LogP contribution in [0.4, 0.5) is 8.78 Å². The van der Waals surface area contributed by atoms with E-state index in [1.54, 1.807) is 37.3 Å². The Morgan fingerprint density at radius 3 is 2.62 bits per heavy atom. The molecule has 0 heterocycles. The van der Waals surface area contributed by atoms with Crippen LogP contribution in [-0.2, 0) is 4.79 Å². The van der Waals surface area contributed by atoms with E-state index in [1.807, 2.05) is 0 Å². The Kier molecular flexibility index (Phi) is 5.67. The van der Waals surface area contributed by atoms with E-state index in [4.69, 9.17) is 16.9 Å². The Balaban J connectivity index is 2.20. The third-order valence-electron chi connectivity index (χ3n) is 3.34. The van der Waals surface area contributed by atoms with Crippen LogP contribution in [0.15, 0.2) is 48.5 Å². The van der Waals surface area contributed by atoms with Gasteiger partial charge in [0.05, 0.1) is 6.07 Å². The van der Waals surface area contributed by atoms with Crippen molar-refractivity contribution >= 4 is 23.1 Å². The molecular formula is C18H13ClF2N2O. The number of benzene rings is 2. The quantitative estimate of drug-likeness (QED) is 0.834. The van der Waals surface area contributed by atoms with Crippen molar-refractivity contribution in [2.75, 3.05) is 0 Å². The molecule has 0 fully saturated rings. The fourth-order valence-electron chi connectivity index (χ4n) is 2.15. The summed E-state index contributed by atoms with van der Waals surface area (Å²) in [6, 6.07) is 10.4. The first kappa shape index (κ1) is 17.6. The second kappa shape index (κ2) is 7.71. The monoisotopic (exact) mass is 346 g/mol. The lowest BCUT2D eigenvalue weighted by Crippen LogP contribution is -2.26. The number of nitrogens with zero attached hydrogens (tertiary/aromatic N) is 1. The van der Waals surface area contributed by atoms with E-state index in [0.29, 0.717) is 22.2 Å². The molecule has 6 heteroatoms. The molecule has 2 aromatic rings. The third kappa shape index (κ3) is 4.18. The van der Waals surface area contributed by atoms with E-state index < -0.39 is 23.6 Å². The Labute approximate surface area is 143 Å². The third-order valence-corrected chi connectivity index (χ3v) is 3.67. The number of carbonyl (C=O) groups is 1. The standard InChI is InChI=1S/C18H13ClF2N2O/c1-11(13-4-2-3-5-15(13)19)8-18(24)23-17(10-22)14-7-6-12(20)9-16(14)21/h2-9,17H,1H3,(H,23,24)/b11-8-. The first-order valence-corrected chi connectivity index (χ1v) is 7.38. The summed E-state index contributed by atoms with van der Waals surface area (Å²) in [5, 5.41) is 12.0. The molecule has 1 amide bonds. The van der Waals surface area contributed by atoms with Crippen molar-refractivity contribution in [3.8, 4) is 6.07 Å². The molecular weight excluding hydrogens is 334 g/mol. The molecule has 1 unspecified atom stereocenters. The van der Waals surface area contributed by atoms with Gasteiger partial charge in [-0.15, -0.1) is 0 Å². The maximum atomic E-state index is 13.7. The minimum absolute atomic E-state index is 0.101. The van der Waals surface area contributed by atoms with Crippen LogP contribution in [0.2, 0.25) is 5.02 Å². The van der Waals surface area contributed by atoms with Crippen molar-refractivity contribution in [2.45, 2.75) is 13.0 Å². The van der Waals surface area contributed by atoms with Crippen molar-refractivity contribution in [1.82, 2.24) is 5.32 Å². The molecule has 1 atom stereocenters. The molecule has 0 aromatic heterocycles. The number of carbonyl (C=O) groups excluding carboxylic acids is 1. The maximum Gasteiger partial charge on any atom is 0.245 e. The molecule has 0 saturated heterocycles. The number of hydrogen-bond acceptors (Lipinski definition) is 2. The average molecular weight is 347 g/mol.